The number of hydrogen-bond acceptors (Lipinski definition) is 7. The van der Waals surface area contributed by atoms with E-state index in [2.05, 4.69) is 15.4 Å². The van der Waals surface area contributed by atoms with Gasteiger partial charge < -0.3 is 4.74 Å². The molecule has 0 unspecified atom stereocenters. The van der Waals surface area contributed by atoms with Crippen LogP contribution in [0.15, 0.2) is 54.6 Å². The molecule has 0 radical (unpaired) electrons. The minimum atomic E-state index is -0.731. The average Bonchev–Trinajstić information content (AvgIpc) is 3.13. The Balaban J connectivity index is 1.65. The van der Waals surface area contributed by atoms with Crippen molar-refractivity contribution < 1.29 is 14.5 Å². The summed E-state index contributed by atoms with van der Waals surface area (Å²) in [5, 5.41) is 22.6. The van der Waals surface area contributed by atoms with Gasteiger partial charge in [0.2, 0.25) is 12.1 Å². The molecule has 1 atom stereocenters. The van der Waals surface area contributed by atoms with Crippen molar-refractivity contribution in [2.75, 3.05) is 0 Å². The van der Waals surface area contributed by atoms with Crippen LogP contribution in [0.1, 0.15) is 18.7 Å². The fourth-order valence-electron chi connectivity index (χ4n) is 2.27. The number of carbonyl (C=O) groups excluding carboxylic acids is 1. The van der Waals surface area contributed by atoms with E-state index in [1.165, 1.54) is 29.1 Å². The molecule has 3 rings (SSSR count). The van der Waals surface area contributed by atoms with Crippen LogP contribution in [-0.4, -0.2) is 31.1 Å². The third-order valence-electron chi connectivity index (χ3n) is 3.58. The van der Waals surface area contributed by atoms with Gasteiger partial charge in [-0.3, -0.25) is 14.9 Å². The smallest absolute Gasteiger partial charge is 0.312 e. The zero-order valence-corrected chi connectivity index (χ0v) is 13.8. The fraction of sp³-hybridized carbons (Fsp3) is 0.176. The Kier molecular flexibility index (Phi) is 4.97. The maximum atomic E-state index is 12.0. The normalized spacial score (nSPS) is 11.7. The number of nitrogens with zero attached hydrogens (tertiary/aromatic N) is 5. The van der Waals surface area contributed by atoms with Crippen LogP contribution in [0.4, 0.5) is 5.69 Å². The molecule has 0 saturated heterocycles. The van der Waals surface area contributed by atoms with Crippen LogP contribution in [0.2, 0.25) is 0 Å². The molecular weight excluding hydrogens is 338 g/mol. The van der Waals surface area contributed by atoms with E-state index in [-0.39, 0.29) is 17.9 Å². The van der Waals surface area contributed by atoms with Gasteiger partial charge in [0, 0.05) is 17.7 Å². The molecule has 9 nitrogen and oxygen atoms in total. The lowest BCUT2D eigenvalue weighted by atomic mass is 10.2. The molecule has 0 N–H and O–H groups in total. The molecule has 0 spiro atoms. The number of nitro benzene ring substituents is 1. The molecule has 1 aromatic heterocycles. The van der Waals surface area contributed by atoms with E-state index in [1.54, 1.807) is 6.92 Å². The Hall–Kier alpha value is -3.62. The minimum Gasteiger partial charge on any atom is -0.438 e. The standard InChI is InChI=1S/C17H15N5O4/c1-12(26-16(23)11-13-5-3-2-4-6-13)21-19-17(18-20-21)14-7-9-15(10-8-14)22(24)25/h2-10,12H,11H2,1H3/t12-/m1/s1. The molecule has 1 heterocycles. The highest BCUT2D eigenvalue weighted by Crippen LogP contribution is 2.19. The Morgan fingerprint density at radius 1 is 1.19 bits per heavy atom. The van der Waals surface area contributed by atoms with E-state index in [0.29, 0.717) is 5.56 Å². The summed E-state index contributed by atoms with van der Waals surface area (Å²) >= 11 is 0. The van der Waals surface area contributed by atoms with Crippen molar-refractivity contribution >= 4 is 11.7 Å². The van der Waals surface area contributed by atoms with Crippen LogP contribution in [0.3, 0.4) is 0 Å². The highest BCUT2D eigenvalue weighted by atomic mass is 16.6. The molecule has 26 heavy (non-hydrogen) atoms. The number of aromatic nitrogens is 4. The number of ether oxygens (including phenoxy) is 1. The molecule has 0 saturated carbocycles. The van der Waals surface area contributed by atoms with Crippen molar-refractivity contribution in [3.05, 3.63) is 70.3 Å². The molecule has 0 aliphatic carbocycles. The minimum absolute atomic E-state index is 0.0237. The number of rotatable bonds is 6. The molecule has 0 aliphatic heterocycles. The van der Waals surface area contributed by atoms with Gasteiger partial charge in [0.25, 0.3) is 5.69 Å². The molecule has 0 fully saturated rings. The van der Waals surface area contributed by atoms with Crippen LogP contribution in [0.5, 0.6) is 0 Å². The second kappa shape index (κ2) is 7.51. The summed E-state index contributed by atoms with van der Waals surface area (Å²) in [4.78, 5) is 23.4. The van der Waals surface area contributed by atoms with Crippen LogP contribution in [-0.2, 0) is 16.0 Å². The van der Waals surface area contributed by atoms with Gasteiger partial charge in [0.05, 0.1) is 11.3 Å². The van der Waals surface area contributed by atoms with Crippen molar-refractivity contribution in [1.82, 2.24) is 20.2 Å². The van der Waals surface area contributed by atoms with Gasteiger partial charge in [0.15, 0.2) is 0 Å². The van der Waals surface area contributed by atoms with Gasteiger partial charge in [-0.25, -0.2) is 0 Å². The SMILES string of the molecule is C[C@@H](OC(=O)Cc1ccccc1)n1nnc(-c2ccc([N+](=O)[O-])cc2)n1. The number of benzene rings is 2. The maximum Gasteiger partial charge on any atom is 0.312 e. The van der Waals surface area contributed by atoms with Crippen molar-refractivity contribution in [3.63, 3.8) is 0 Å². The number of carbonyl (C=O) groups is 1. The summed E-state index contributed by atoms with van der Waals surface area (Å²) in [5.74, 6) is -0.122. The van der Waals surface area contributed by atoms with E-state index in [9.17, 15) is 14.9 Å². The summed E-state index contributed by atoms with van der Waals surface area (Å²) in [6.45, 7) is 1.63. The van der Waals surface area contributed by atoms with Crippen LogP contribution >= 0.6 is 0 Å². The summed E-state index contributed by atoms with van der Waals surface area (Å²) < 4.78 is 5.31. The Labute approximate surface area is 148 Å². The number of hydrogen-bond donors (Lipinski definition) is 0. The highest BCUT2D eigenvalue weighted by Gasteiger charge is 2.16. The van der Waals surface area contributed by atoms with E-state index < -0.39 is 17.1 Å². The predicted octanol–water partition coefficient (Wildman–Crippen LogP) is 2.55. The first-order valence-electron chi connectivity index (χ1n) is 7.80. The first kappa shape index (κ1) is 17.2. The van der Waals surface area contributed by atoms with E-state index in [4.69, 9.17) is 4.74 Å². The zero-order chi connectivity index (χ0) is 18.5. The van der Waals surface area contributed by atoms with Gasteiger partial charge in [-0.2, -0.15) is 0 Å². The lowest BCUT2D eigenvalue weighted by Crippen LogP contribution is -2.18. The van der Waals surface area contributed by atoms with Crippen molar-refractivity contribution in [2.24, 2.45) is 0 Å². The van der Waals surface area contributed by atoms with Gasteiger partial charge in [-0.15, -0.1) is 15.0 Å². The lowest BCUT2D eigenvalue weighted by molar-refractivity contribution is -0.384. The topological polar surface area (TPSA) is 113 Å². The quantitative estimate of drug-likeness (QED) is 0.380. The molecule has 2 aromatic carbocycles. The third-order valence-corrected chi connectivity index (χ3v) is 3.58. The zero-order valence-electron chi connectivity index (χ0n) is 13.8. The first-order valence-corrected chi connectivity index (χ1v) is 7.80. The molecule has 132 valence electrons. The van der Waals surface area contributed by atoms with Gasteiger partial charge in [-0.1, -0.05) is 30.3 Å². The predicted molar refractivity (Wildman–Crippen MR) is 90.9 cm³/mol. The monoisotopic (exact) mass is 353 g/mol. The molecule has 0 amide bonds. The molecule has 0 bridgehead atoms. The average molecular weight is 353 g/mol. The van der Waals surface area contributed by atoms with Gasteiger partial charge in [0.1, 0.15) is 0 Å². The number of tetrazole rings is 1. The summed E-state index contributed by atoms with van der Waals surface area (Å²) in [6, 6.07) is 15.0. The molecule has 0 aliphatic rings. The summed E-state index contributed by atoms with van der Waals surface area (Å²) in [6.07, 6.45) is -0.583. The second-order valence-corrected chi connectivity index (χ2v) is 5.49. The van der Waals surface area contributed by atoms with E-state index >= 15 is 0 Å². The Morgan fingerprint density at radius 2 is 1.88 bits per heavy atom. The first-order chi connectivity index (χ1) is 12.5. The van der Waals surface area contributed by atoms with Gasteiger partial charge >= 0.3 is 5.97 Å². The summed E-state index contributed by atoms with van der Waals surface area (Å²) in [7, 11) is 0. The third kappa shape index (κ3) is 4.07. The maximum absolute atomic E-state index is 12.0. The largest absolute Gasteiger partial charge is 0.438 e. The molecule has 3 aromatic rings. The van der Waals surface area contributed by atoms with Crippen molar-refractivity contribution in [2.45, 2.75) is 19.6 Å². The van der Waals surface area contributed by atoms with Crippen molar-refractivity contribution in [3.8, 4) is 11.4 Å². The number of nitro groups is 1. The van der Waals surface area contributed by atoms with Crippen LogP contribution < -0.4 is 0 Å². The lowest BCUT2D eigenvalue weighted by Gasteiger charge is -2.11. The van der Waals surface area contributed by atoms with E-state index in [1.807, 2.05) is 30.3 Å². The Morgan fingerprint density at radius 3 is 2.54 bits per heavy atom. The Bertz CT molecular complexity index is 908. The molecular formula is C17H15N5O4. The fourth-order valence-corrected chi connectivity index (χ4v) is 2.27. The summed E-state index contributed by atoms with van der Waals surface area (Å²) in [5.41, 5.74) is 1.40. The van der Waals surface area contributed by atoms with E-state index in [0.717, 1.165) is 5.56 Å². The second-order valence-electron chi connectivity index (χ2n) is 5.49. The van der Waals surface area contributed by atoms with Gasteiger partial charge in [-0.05, 0) is 29.8 Å². The highest BCUT2D eigenvalue weighted by molar-refractivity contribution is 5.72. The number of non-ortho nitro benzene ring substituents is 1. The van der Waals surface area contributed by atoms with Crippen LogP contribution in [0.25, 0.3) is 11.4 Å². The van der Waals surface area contributed by atoms with Crippen molar-refractivity contribution in [1.29, 1.82) is 0 Å². The molecule has 9 heteroatoms. The van der Waals surface area contributed by atoms with Crippen LogP contribution in [0, 0.1) is 10.1 Å². The number of esters is 1.